The number of pyridine rings is 1. The molecule has 0 aliphatic carbocycles. The summed E-state index contributed by atoms with van der Waals surface area (Å²) in [6, 6.07) is 12.1. The molecular formula is C29H31ClFN5O4S. The van der Waals surface area contributed by atoms with Gasteiger partial charge in [0, 0.05) is 25.7 Å². The Kier molecular flexibility index (Phi) is 7.82. The van der Waals surface area contributed by atoms with Gasteiger partial charge in [0.05, 0.1) is 27.5 Å². The van der Waals surface area contributed by atoms with E-state index in [4.69, 9.17) is 11.6 Å². The summed E-state index contributed by atoms with van der Waals surface area (Å²) in [5, 5.41) is 20.8. The number of amidine groups is 1. The molecule has 2 aliphatic rings. The molecule has 41 heavy (non-hydrogen) atoms. The molecule has 12 heteroatoms. The minimum atomic E-state index is -4.40. The zero-order chi connectivity index (χ0) is 29.6. The van der Waals surface area contributed by atoms with Crippen molar-refractivity contribution in [2.75, 3.05) is 23.9 Å². The number of hydrogen-bond acceptors (Lipinski definition) is 7. The van der Waals surface area contributed by atoms with Crippen molar-refractivity contribution in [3.8, 4) is 17.0 Å². The van der Waals surface area contributed by atoms with Crippen LogP contribution in [0.4, 0.5) is 15.9 Å². The van der Waals surface area contributed by atoms with Crippen molar-refractivity contribution in [1.29, 1.82) is 0 Å². The predicted molar refractivity (Wildman–Crippen MR) is 158 cm³/mol. The molecule has 2 aromatic carbocycles. The molecule has 0 spiro atoms. The number of fused-ring (bicyclic) bond motifs is 1. The third-order valence-corrected chi connectivity index (χ3v) is 8.87. The number of phenols is 1. The Hall–Kier alpha value is -3.51. The fourth-order valence-corrected chi connectivity index (χ4v) is 6.85. The minimum Gasteiger partial charge on any atom is -0.507 e. The van der Waals surface area contributed by atoms with Crippen molar-refractivity contribution in [3.63, 3.8) is 0 Å². The lowest BCUT2D eigenvalue weighted by molar-refractivity contribution is 0.00268. The van der Waals surface area contributed by atoms with Gasteiger partial charge in [0.15, 0.2) is 11.7 Å². The Morgan fingerprint density at radius 3 is 2.56 bits per heavy atom. The van der Waals surface area contributed by atoms with Crippen LogP contribution in [0, 0.1) is 5.82 Å². The van der Waals surface area contributed by atoms with Gasteiger partial charge in [-0.1, -0.05) is 56.3 Å². The van der Waals surface area contributed by atoms with Crippen molar-refractivity contribution in [2.45, 2.75) is 39.0 Å². The standard InChI is InChI=1S/C29H31ClFN5O4S/c1-5-25(38)34-13-14-35(18(4)16-34)29-20-15-21(30)27(26-22(31)10-8-12-24(26)37)32-28(20)36(41(39,40)33-29)23-11-7-6-9-19(23)17(2)3/h5-12,15,17-18,25,37-38H,1,13-14,16H2,2-4H3/t18-,25?/m0/s1. The van der Waals surface area contributed by atoms with Crippen molar-refractivity contribution >= 4 is 39.2 Å². The van der Waals surface area contributed by atoms with Gasteiger partial charge in [0.2, 0.25) is 0 Å². The molecule has 3 aromatic rings. The summed E-state index contributed by atoms with van der Waals surface area (Å²) in [5.41, 5.74) is 1.11. The van der Waals surface area contributed by atoms with E-state index < -0.39 is 22.3 Å². The molecule has 1 saturated heterocycles. The van der Waals surface area contributed by atoms with Crippen molar-refractivity contribution in [1.82, 2.24) is 14.8 Å². The normalized spacial score (nSPS) is 19.6. The van der Waals surface area contributed by atoms with Gasteiger partial charge < -0.3 is 15.1 Å². The maximum absolute atomic E-state index is 15.0. The second kappa shape index (κ2) is 11.1. The summed E-state index contributed by atoms with van der Waals surface area (Å²) >= 11 is 6.68. The first-order chi connectivity index (χ1) is 19.4. The average molecular weight is 600 g/mol. The van der Waals surface area contributed by atoms with E-state index in [0.717, 1.165) is 9.87 Å². The Balaban J connectivity index is 1.75. The number of halogens is 2. The van der Waals surface area contributed by atoms with E-state index in [1.807, 2.05) is 42.7 Å². The van der Waals surface area contributed by atoms with E-state index in [2.05, 4.69) is 16.0 Å². The number of benzene rings is 2. The van der Waals surface area contributed by atoms with Gasteiger partial charge in [-0.3, -0.25) is 4.90 Å². The molecule has 2 aliphatic heterocycles. The number of hydrogen-bond donors (Lipinski definition) is 2. The van der Waals surface area contributed by atoms with Crippen LogP contribution in [0.3, 0.4) is 0 Å². The average Bonchev–Trinajstić information content (AvgIpc) is 2.92. The van der Waals surface area contributed by atoms with E-state index in [1.54, 1.807) is 12.1 Å². The molecule has 5 rings (SSSR count). The lowest BCUT2D eigenvalue weighted by atomic mass is 10.0. The molecular weight excluding hydrogens is 569 g/mol. The first-order valence-electron chi connectivity index (χ1n) is 13.2. The first-order valence-corrected chi connectivity index (χ1v) is 15.0. The van der Waals surface area contributed by atoms with Crippen LogP contribution in [0.1, 0.15) is 37.8 Å². The van der Waals surface area contributed by atoms with Crippen LogP contribution < -0.4 is 4.31 Å². The van der Waals surface area contributed by atoms with E-state index in [1.165, 1.54) is 30.3 Å². The summed E-state index contributed by atoms with van der Waals surface area (Å²) in [5.74, 6) is -1.04. The molecule has 0 bridgehead atoms. The highest BCUT2D eigenvalue weighted by Crippen LogP contribution is 2.44. The van der Waals surface area contributed by atoms with Gasteiger partial charge in [-0.25, -0.2) is 13.7 Å². The summed E-state index contributed by atoms with van der Waals surface area (Å²) in [7, 11) is -4.40. The van der Waals surface area contributed by atoms with Crippen molar-refractivity contribution in [3.05, 3.63) is 83.2 Å². The maximum atomic E-state index is 15.0. The zero-order valence-electron chi connectivity index (χ0n) is 22.9. The monoisotopic (exact) mass is 599 g/mol. The molecule has 9 nitrogen and oxygen atoms in total. The SMILES string of the molecule is C=CC(O)N1CCN(C2=NS(=O)(=O)N(c3ccccc3C(C)C)c3nc(-c4c(O)cccc4F)c(Cl)cc32)[C@@H](C)C1. The van der Waals surface area contributed by atoms with Gasteiger partial charge in [0.1, 0.15) is 17.8 Å². The smallest absolute Gasteiger partial charge is 0.352 e. The first kappa shape index (κ1) is 29.0. The third-order valence-electron chi connectivity index (χ3n) is 7.34. The van der Waals surface area contributed by atoms with Crippen molar-refractivity contribution < 1.29 is 23.0 Å². The highest BCUT2D eigenvalue weighted by molar-refractivity contribution is 7.92. The van der Waals surface area contributed by atoms with Crippen LogP contribution in [0.15, 0.2) is 65.6 Å². The van der Waals surface area contributed by atoms with Gasteiger partial charge in [-0.2, -0.15) is 8.42 Å². The van der Waals surface area contributed by atoms with Crippen LogP contribution in [0.25, 0.3) is 11.3 Å². The maximum Gasteiger partial charge on any atom is 0.352 e. The molecule has 0 saturated carbocycles. The van der Waals surface area contributed by atoms with Gasteiger partial charge in [-0.15, -0.1) is 4.40 Å². The lowest BCUT2D eigenvalue weighted by Gasteiger charge is -2.44. The highest BCUT2D eigenvalue weighted by atomic mass is 35.5. The molecule has 1 unspecified atom stereocenters. The zero-order valence-corrected chi connectivity index (χ0v) is 24.4. The Morgan fingerprint density at radius 2 is 1.90 bits per heavy atom. The second-order valence-electron chi connectivity index (χ2n) is 10.4. The van der Waals surface area contributed by atoms with E-state index in [0.29, 0.717) is 30.9 Å². The molecule has 1 aromatic heterocycles. The van der Waals surface area contributed by atoms with Crippen LogP contribution in [0.2, 0.25) is 5.02 Å². The Labute approximate surface area is 244 Å². The van der Waals surface area contributed by atoms with E-state index in [-0.39, 0.29) is 45.6 Å². The Morgan fingerprint density at radius 1 is 1.17 bits per heavy atom. The van der Waals surface area contributed by atoms with Crippen LogP contribution in [-0.2, 0) is 10.2 Å². The van der Waals surface area contributed by atoms with Gasteiger partial charge in [0.25, 0.3) is 0 Å². The van der Waals surface area contributed by atoms with Crippen LogP contribution >= 0.6 is 11.6 Å². The minimum absolute atomic E-state index is 0.00842. The molecule has 2 atom stereocenters. The lowest BCUT2D eigenvalue weighted by Crippen LogP contribution is -2.57. The van der Waals surface area contributed by atoms with Gasteiger partial charge >= 0.3 is 10.2 Å². The van der Waals surface area contributed by atoms with Crippen LogP contribution in [0.5, 0.6) is 5.75 Å². The molecule has 2 N–H and O–H groups in total. The summed E-state index contributed by atoms with van der Waals surface area (Å²) in [6.07, 6.45) is 0.604. The number of aromatic nitrogens is 1. The number of aliphatic hydroxyl groups is 1. The van der Waals surface area contributed by atoms with E-state index >= 15 is 0 Å². The molecule has 3 heterocycles. The number of piperazine rings is 1. The topological polar surface area (TPSA) is 110 Å². The summed E-state index contributed by atoms with van der Waals surface area (Å²) in [6.45, 7) is 10.6. The number of phenolic OH excluding ortho intramolecular Hbond substituents is 1. The fraction of sp³-hybridized carbons (Fsp3) is 0.310. The third kappa shape index (κ3) is 5.19. The largest absolute Gasteiger partial charge is 0.507 e. The van der Waals surface area contributed by atoms with Crippen LogP contribution in [-0.4, -0.2) is 71.2 Å². The Bertz CT molecular complexity index is 1630. The molecule has 0 amide bonds. The predicted octanol–water partition coefficient (Wildman–Crippen LogP) is 5.02. The molecule has 0 radical (unpaired) electrons. The number of aromatic hydroxyl groups is 1. The quantitative estimate of drug-likeness (QED) is 0.396. The number of para-hydroxylation sites is 1. The molecule has 1 fully saturated rings. The number of aliphatic hydroxyl groups excluding tert-OH is 1. The summed E-state index contributed by atoms with van der Waals surface area (Å²) < 4.78 is 48.3. The number of nitrogens with zero attached hydrogens (tertiary/aromatic N) is 5. The highest BCUT2D eigenvalue weighted by Gasteiger charge is 2.40. The van der Waals surface area contributed by atoms with Gasteiger partial charge in [-0.05, 0) is 48.7 Å². The number of rotatable bonds is 5. The fourth-order valence-electron chi connectivity index (χ4n) is 5.33. The second-order valence-corrected chi connectivity index (χ2v) is 12.2. The number of anilines is 2. The summed E-state index contributed by atoms with van der Waals surface area (Å²) in [4.78, 5) is 8.30. The van der Waals surface area contributed by atoms with E-state index in [9.17, 15) is 23.0 Å². The van der Waals surface area contributed by atoms with Crippen molar-refractivity contribution in [2.24, 2.45) is 4.40 Å². The molecule has 216 valence electrons.